The first-order valence-electron chi connectivity index (χ1n) is 4.67. The van der Waals surface area contributed by atoms with Crippen molar-refractivity contribution in [2.45, 2.75) is 6.54 Å². The molecule has 16 heavy (non-hydrogen) atoms. The Morgan fingerprint density at radius 1 is 1.44 bits per heavy atom. The van der Waals surface area contributed by atoms with Gasteiger partial charge in [0.2, 0.25) is 0 Å². The van der Waals surface area contributed by atoms with Crippen LogP contribution in [0.2, 0.25) is 0 Å². The second-order valence-corrected chi connectivity index (χ2v) is 4.45. The van der Waals surface area contributed by atoms with Crippen LogP contribution in [0.4, 0.5) is 15.8 Å². The van der Waals surface area contributed by atoms with Crippen molar-refractivity contribution in [2.24, 2.45) is 0 Å². The molecule has 0 fully saturated rings. The lowest BCUT2D eigenvalue weighted by Gasteiger charge is -2.08. The fourth-order valence-corrected chi connectivity index (χ4v) is 1.80. The van der Waals surface area contributed by atoms with Gasteiger partial charge in [-0.05, 0) is 40.8 Å². The molecule has 1 aromatic carbocycles. The van der Waals surface area contributed by atoms with Crippen LogP contribution in [0.25, 0.3) is 0 Å². The van der Waals surface area contributed by atoms with Crippen molar-refractivity contribution in [1.82, 2.24) is 0 Å². The van der Waals surface area contributed by atoms with Crippen LogP contribution in [-0.4, -0.2) is 0 Å². The first-order chi connectivity index (χ1) is 7.66. The van der Waals surface area contributed by atoms with Gasteiger partial charge in [0.1, 0.15) is 11.6 Å². The van der Waals surface area contributed by atoms with E-state index in [-0.39, 0.29) is 5.82 Å². The van der Waals surface area contributed by atoms with Crippen LogP contribution in [0.3, 0.4) is 0 Å². The molecule has 84 valence electrons. The van der Waals surface area contributed by atoms with Crippen molar-refractivity contribution >= 4 is 34.0 Å². The van der Waals surface area contributed by atoms with E-state index in [1.807, 2.05) is 28.7 Å². The number of rotatable bonds is 3. The van der Waals surface area contributed by atoms with Crippen LogP contribution in [-0.2, 0) is 6.54 Å². The maximum absolute atomic E-state index is 13.3. The van der Waals surface area contributed by atoms with Gasteiger partial charge in [-0.2, -0.15) is 0 Å². The van der Waals surface area contributed by atoms with Crippen molar-refractivity contribution < 1.29 is 8.81 Å². The molecule has 0 aliphatic carbocycles. The van der Waals surface area contributed by atoms with Gasteiger partial charge >= 0.3 is 0 Å². The van der Waals surface area contributed by atoms with Crippen molar-refractivity contribution in [3.8, 4) is 0 Å². The third-order valence-electron chi connectivity index (χ3n) is 2.13. The average molecular weight is 332 g/mol. The molecule has 3 N–H and O–H groups in total. The summed E-state index contributed by atoms with van der Waals surface area (Å²) in [4.78, 5) is 0. The Bertz CT molecular complexity index is 485. The summed E-state index contributed by atoms with van der Waals surface area (Å²) < 4.78 is 19.0. The Hall–Kier alpha value is -1.24. The molecule has 0 aliphatic rings. The molecule has 1 aromatic heterocycles. The minimum absolute atomic E-state index is 0.281. The first-order valence-corrected chi connectivity index (χ1v) is 5.75. The molecule has 0 unspecified atom stereocenters. The van der Waals surface area contributed by atoms with Crippen LogP contribution >= 0.6 is 22.6 Å². The topological polar surface area (TPSA) is 51.2 Å². The summed E-state index contributed by atoms with van der Waals surface area (Å²) >= 11 is 1.90. The zero-order chi connectivity index (χ0) is 11.5. The molecule has 0 radical (unpaired) electrons. The summed E-state index contributed by atoms with van der Waals surface area (Å²) in [6.07, 6.45) is 1.59. The summed E-state index contributed by atoms with van der Waals surface area (Å²) in [6.45, 7) is 0.483. The molecule has 0 bridgehead atoms. The average Bonchev–Trinajstić information content (AvgIpc) is 2.74. The Morgan fingerprint density at radius 2 is 2.25 bits per heavy atom. The molecule has 0 saturated carbocycles. The van der Waals surface area contributed by atoms with Crippen LogP contribution in [0.1, 0.15) is 5.76 Å². The van der Waals surface area contributed by atoms with Crippen molar-refractivity contribution in [3.63, 3.8) is 0 Å². The van der Waals surface area contributed by atoms with Crippen LogP contribution < -0.4 is 11.1 Å². The molecule has 5 heteroatoms. The molecule has 0 amide bonds. The van der Waals surface area contributed by atoms with E-state index in [1.54, 1.807) is 18.4 Å². The fraction of sp³-hybridized carbons (Fsp3) is 0.0909. The van der Waals surface area contributed by atoms with Crippen LogP contribution in [0.5, 0.6) is 0 Å². The Balaban J connectivity index is 2.12. The third-order valence-corrected chi connectivity index (χ3v) is 2.95. The molecule has 0 atom stereocenters. The predicted octanol–water partition coefficient (Wildman–Crippen LogP) is 3.22. The second-order valence-electron chi connectivity index (χ2n) is 3.29. The maximum Gasteiger partial charge on any atom is 0.138 e. The Kier molecular flexibility index (Phi) is 3.33. The van der Waals surface area contributed by atoms with E-state index in [9.17, 15) is 4.39 Å². The van der Waals surface area contributed by atoms with E-state index in [4.69, 9.17) is 10.2 Å². The van der Waals surface area contributed by atoms with Gasteiger partial charge in [-0.15, -0.1) is 0 Å². The molecule has 1 heterocycles. The number of furan rings is 1. The van der Waals surface area contributed by atoms with E-state index < -0.39 is 0 Å². The van der Waals surface area contributed by atoms with Gasteiger partial charge in [0, 0.05) is 6.07 Å². The van der Waals surface area contributed by atoms with E-state index in [0.29, 0.717) is 21.5 Å². The number of hydrogen-bond acceptors (Lipinski definition) is 3. The molecular weight excluding hydrogens is 322 g/mol. The zero-order valence-electron chi connectivity index (χ0n) is 8.34. The van der Waals surface area contributed by atoms with Crippen molar-refractivity contribution in [1.29, 1.82) is 0 Å². The highest BCUT2D eigenvalue weighted by Crippen LogP contribution is 2.24. The number of benzene rings is 1. The number of nitrogen functional groups attached to an aromatic ring is 1. The van der Waals surface area contributed by atoms with Crippen LogP contribution in [0.15, 0.2) is 34.9 Å². The van der Waals surface area contributed by atoms with E-state index in [0.717, 1.165) is 5.76 Å². The first kappa shape index (κ1) is 11.3. The fourth-order valence-electron chi connectivity index (χ4n) is 1.31. The van der Waals surface area contributed by atoms with Crippen LogP contribution in [0, 0.1) is 9.39 Å². The number of nitrogens with two attached hydrogens (primary N) is 1. The molecule has 0 saturated heterocycles. The smallest absolute Gasteiger partial charge is 0.138 e. The van der Waals surface area contributed by atoms with E-state index >= 15 is 0 Å². The Morgan fingerprint density at radius 3 is 2.94 bits per heavy atom. The standard InChI is InChI=1S/C11H10FIN2O/c12-8-4-11(10(14)5-9(8)13)15-6-7-2-1-3-16-7/h1-5,15H,6,14H2. The quantitative estimate of drug-likeness (QED) is 0.670. The monoisotopic (exact) mass is 332 g/mol. The summed E-state index contributed by atoms with van der Waals surface area (Å²) in [5, 5.41) is 3.02. The van der Waals surface area contributed by atoms with Crippen molar-refractivity contribution in [3.05, 3.63) is 45.7 Å². The highest BCUT2D eigenvalue weighted by atomic mass is 127. The van der Waals surface area contributed by atoms with Gasteiger partial charge in [-0.1, -0.05) is 0 Å². The van der Waals surface area contributed by atoms with Crippen molar-refractivity contribution in [2.75, 3.05) is 11.1 Å². The van der Waals surface area contributed by atoms with E-state index in [2.05, 4.69) is 5.32 Å². The highest BCUT2D eigenvalue weighted by molar-refractivity contribution is 14.1. The largest absolute Gasteiger partial charge is 0.467 e. The summed E-state index contributed by atoms with van der Waals surface area (Å²) in [5.41, 5.74) is 6.87. The number of nitrogens with one attached hydrogen (secondary N) is 1. The molecule has 0 spiro atoms. The lowest BCUT2D eigenvalue weighted by molar-refractivity contribution is 0.518. The number of halogens is 2. The minimum atomic E-state index is -0.281. The van der Waals surface area contributed by atoms with Gasteiger partial charge in [-0.3, -0.25) is 0 Å². The van der Waals surface area contributed by atoms with Gasteiger partial charge < -0.3 is 15.5 Å². The van der Waals surface area contributed by atoms with Gasteiger partial charge in [0.15, 0.2) is 0 Å². The molecule has 2 aromatic rings. The second kappa shape index (κ2) is 4.73. The molecule has 0 aliphatic heterocycles. The van der Waals surface area contributed by atoms with Gasteiger partial charge in [0.05, 0.1) is 27.8 Å². The van der Waals surface area contributed by atoms with Gasteiger partial charge in [0.25, 0.3) is 0 Å². The minimum Gasteiger partial charge on any atom is -0.467 e. The zero-order valence-corrected chi connectivity index (χ0v) is 10.5. The predicted molar refractivity (Wildman–Crippen MR) is 69.6 cm³/mol. The number of hydrogen-bond donors (Lipinski definition) is 2. The number of anilines is 2. The van der Waals surface area contributed by atoms with E-state index in [1.165, 1.54) is 6.07 Å². The normalized spacial score (nSPS) is 10.4. The molecular formula is C11H10FIN2O. The summed E-state index contributed by atoms with van der Waals surface area (Å²) in [7, 11) is 0. The Labute approximate surface area is 106 Å². The summed E-state index contributed by atoms with van der Waals surface area (Å²) in [5.74, 6) is 0.495. The third kappa shape index (κ3) is 2.46. The maximum atomic E-state index is 13.3. The molecule has 2 rings (SSSR count). The SMILES string of the molecule is Nc1cc(I)c(F)cc1NCc1ccco1. The molecule has 3 nitrogen and oxygen atoms in total. The highest BCUT2D eigenvalue weighted by Gasteiger charge is 2.06. The lowest BCUT2D eigenvalue weighted by atomic mass is 10.2. The summed E-state index contributed by atoms with van der Waals surface area (Å²) in [6, 6.07) is 6.63. The van der Waals surface area contributed by atoms with Gasteiger partial charge in [-0.25, -0.2) is 4.39 Å². The lowest BCUT2D eigenvalue weighted by Crippen LogP contribution is -2.03.